The van der Waals surface area contributed by atoms with E-state index >= 15 is 0 Å². The number of nitrogens with zero attached hydrogens (tertiary/aromatic N) is 1. The molecule has 0 spiro atoms. The van der Waals surface area contributed by atoms with Crippen molar-refractivity contribution in [1.29, 1.82) is 0 Å². The van der Waals surface area contributed by atoms with Gasteiger partial charge in [-0.2, -0.15) is 0 Å². The number of H-pyrrole nitrogens is 1. The fourth-order valence-corrected chi connectivity index (χ4v) is 1.77. The minimum Gasteiger partial charge on any atom is -0.359 e. The Kier molecular flexibility index (Phi) is 2.38. The molecule has 0 atom stereocenters. The summed E-state index contributed by atoms with van der Waals surface area (Å²) in [6, 6.07) is 3.69. The van der Waals surface area contributed by atoms with Gasteiger partial charge in [-0.1, -0.05) is 11.6 Å². The van der Waals surface area contributed by atoms with E-state index in [0.717, 1.165) is 15.7 Å². The molecule has 4 heteroatoms. The van der Waals surface area contributed by atoms with Crippen LogP contribution in [0.3, 0.4) is 0 Å². The van der Waals surface area contributed by atoms with Gasteiger partial charge in [-0.3, -0.25) is 4.98 Å². The minimum absolute atomic E-state index is 0.616. The molecule has 2 aromatic heterocycles. The van der Waals surface area contributed by atoms with Crippen LogP contribution >= 0.6 is 27.5 Å². The molecule has 0 bridgehead atoms. The molecule has 0 saturated carbocycles. The maximum absolute atomic E-state index is 5.99. The van der Waals surface area contributed by atoms with Crippen molar-refractivity contribution in [1.82, 2.24) is 9.97 Å². The predicted octanol–water partition coefficient (Wildman–Crippen LogP) is 3.29. The van der Waals surface area contributed by atoms with Crippen molar-refractivity contribution in [3.63, 3.8) is 0 Å². The van der Waals surface area contributed by atoms with E-state index in [2.05, 4.69) is 32.1 Å². The van der Waals surface area contributed by atoms with E-state index < -0.39 is 0 Å². The number of nitrogens with one attached hydrogen (secondary N) is 1. The molecule has 2 heterocycles. The van der Waals surface area contributed by atoms with Crippen LogP contribution in [-0.4, -0.2) is 9.97 Å². The average molecular weight is 257 g/mol. The van der Waals surface area contributed by atoms with E-state index in [1.54, 1.807) is 12.4 Å². The Morgan fingerprint density at radius 3 is 3.00 bits per heavy atom. The summed E-state index contributed by atoms with van der Waals surface area (Å²) >= 11 is 9.29. The first-order chi connectivity index (χ1) is 6.27. The first-order valence-corrected chi connectivity index (χ1v) is 4.81. The SMILES string of the molecule is Clc1cc(Br)cnc1-c1[c][nH]cc1. The van der Waals surface area contributed by atoms with Gasteiger partial charge in [-0.15, -0.1) is 0 Å². The van der Waals surface area contributed by atoms with Crippen molar-refractivity contribution in [2.75, 3.05) is 0 Å². The van der Waals surface area contributed by atoms with Crippen molar-refractivity contribution < 1.29 is 0 Å². The molecule has 0 unspecified atom stereocenters. The van der Waals surface area contributed by atoms with Crippen LogP contribution < -0.4 is 0 Å². The van der Waals surface area contributed by atoms with Gasteiger partial charge in [0.05, 0.1) is 16.9 Å². The Bertz CT molecular complexity index is 412. The molecule has 1 N–H and O–H groups in total. The molecule has 0 amide bonds. The lowest BCUT2D eigenvalue weighted by molar-refractivity contribution is 1.30. The second-order valence-electron chi connectivity index (χ2n) is 2.50. The summed E-state index contributed by atoms with van der Waals surface area (Å²) in [6.07, 6.45) is 6.42. The monoisotopic (exact) mass is 255 g/mol. The number of halogens is 2. The van der Waals surface area contributed by atoms with Crippen molar-refractivity contribution in [3.05, 3.63) is 40.2 Å². The van der Waals surface area contributed by atoms with Crippen molar-refractivity contribution in [2.24, 2.45) is 0 Å². The summed E-state index contributed by atoms with van der Waals surface area (Å²) in [5.74, 6) is 0. The molecule has 0 aromatic carbocycles. The first kappa shape index (κ1) is 8.78. The number of pyridine rings is 1. The lowest BCUT2D eigenvalue weighted by Gasteiger charge is -1.99. The molecule has 13 heavy (non-hydrogen) atoms. The van der Waals surface area contributed by atoms with Gasteiger partial charge in [0.1, 0.15) is 0 Å². The van der Waals surface area contributed by atoms with Gasteiger partial charge < -0.3 is 4.98 Å². The zero-order valence-corrected chi connectivity index (χ0v) is 8.85. The standard InChI is InChI=1S/C9H5BrClN2/c10-7-3-8(11)9(13-5-7)6-1-2-12-4-6/h1-3,5,12H. The first-order valence-electron chi connectivity index (χ1n) is 3.64. The fourth-order valence-electron chi connectivity index (χ4n) is 1.04. The molecule has 0 fully saturated rings. The lowest BCUT2D eigenvalue weighted by Crippen LogP contribution is -1.82. The number of hydrogen-bond acceptors (Lipinski definition) is 1. The Labute approximate surface area is 89.1 Å². The third kappa shape index (κ3) is 1.76. The van der Waals surface area contributed by atoms with Crippen LogP contribution in [-0.2, 0) is 0 Å². The summed E-state index contributed by atoms with van der Waals surface area (Å²) in [7, 11) is 0. The van der Waals surface area contributed by atoms with Gasteiger partial charge in [0.2, 0.25) is 0 Å². The molecule has 1 radical (unpaired) electrons. The summed E-state index contributed by atoms with van der Waals surface area (Å²) < 4.78 is 0.872. The topological polar surface area (TPSA) is 28.7 Å². The van der Waals surface area contributed by atoms with E-state index in [4.69, 9.17) is 11.6 Å². The van der Waals surface area contributed by atoms with Crippen LogP contribution in [0.25, 0.3) is 11.3 Å². The van der Waals surface area contributed by atoms with Crippen molar-refractivity contribution in [2.45, 2.75) is 0 Å². The van der Waals surface area contributed by atoms with Crippen LogP contribution in [0.1, 0.15) is 0 Å². The molecular weight excluding hydrogens is 251 g/mol. The molecule has 65 valence electrons. The van der Waals surface area contributed by atoms with E-state index in [-0.39, 0.29) is 0 Å². The largest absolute Gasteiger partial charge is 0.359 e. The third-order valence-corrected chi connectivity index (χ3v) is 2.32. The summed E-state index contributed by atoms with van der Waals surface area (Å²) in [5, 5.41) is 0.616. The second-order valence-corrected chi connectivity index (χ2v) is 3.82. The van der Waals surface area contributed by atoms with Gasteiger partial charge in [-0.25, -0.2) is 0 Å². The number of rotatable bonds is 1. The third-order valence-electron chi connectivity index (χ3n) is 1.60. The highest BCUT2D eigenvalue weighted by atomic mass is 79.9. The minimum atomic E-state index is 0.616. The van der Waals surface area contributed by atoms with E-state index in [0.29, 0.717) is 5.02 Å². The van der Waals surface area contributed by atoms with Gasteiger partial charge >= 0.3 is 0 Å². The number of aromatic amines is 1. The molecule has 0 saturated heterocycles. The van der Waals surface area contributed by atoms with E-state index in [9.17, 15) is 0 Å². The van der Waals surface area contributed by atoms with Crippen molar-refractivity contribution in [3.8, 4) is 11.3 Å². The smallest absolute Gasteiger partial charge is 0.0911 e. The van der Waals surface area contributed by atoms with Gasteiger partial charge in [0, 0.05) is 22.4 Å². The number of hydrogen-bond donors (Lipinski definition) is 1. The molecule has 0 aliphatic carbocycles. The van der Waals surface area contributed by atoms with Crippen molar-refractivity contribution >= 4 is 27.5 Å². The molecule has 2 rings (SSSR count). The average Bonchev–Trinajstić information content (AvgIpc) is 2.56. The zero-order valence-electron chi connectivity index (χ0n) is 6.51. The highest BCUT2D eigenvalue weighted by Crippen LogP contribution is 2.26. The Morgan fingerprint density at radius 2 is 2.38 bits per heavy atom. The number of aromatic nitrogens is 2. The highest BCUT2D eigenvalue weighted by molar-refractivity contribution is 9.10. The Hall–Kier alpha value is -0.800. The highest BCUT2D eigenvalue weighted by Gasteiger charge is 2.05. The molecule has 0 aliphatic heterocycles. The van der Waals surface area contributed by atoms with Crippen LogP contribution in [0.15, 0.2) is 29.0 Å². The second kappa shape index (κ2) is 3.52. The maximum Gasteiger partial charge on any atom is 0.0911 e. The molecule has 0 aliphatic rings. The fraction of sp³-hybridized carbons (Fsp3) is 0. The predicted molar refractivity (Wildman–Crippen MR) is 55.6 cm³/mol. The Balaban J connectivity index is 2.53. The summed E-state index contributed by atoms with van der Waals surface area (Å²) in [5.41, 5.74) is 1.61. The molecule has 2 aromatic rings. The van der Waals surface area contributed by atoms with Gasteiger partial charge in [0.15, 0.2) is 0 Å². The van der Waals surface area contributed by atoms with Crippen LogP contribution in [0, 0.1) is 6.20 Å². The quantitative estimate of drug-likeness (QED) is 0.833. The van der Waals surface area contributed by atoms with Crippen LogP contribution in [0.2, 0.25) is 5.02 Å². The lowest BCUT2D eigenvalue weighted by atomic mass is 10.2. The van der Waals surface area contributed by atoms with Crippen LogP contribution in [0.5, 0.6) is 0 Å². The van der Waals surface area contributed by atoms with E-state index in [1.807, 2.05) is 12.1 Å². The van der Waals surface area contributed by atoms with Gasteiger partial charge in [-0.05, 0) is 28.1 Å². The Morgan fingerprint density at radius 1 is 1.54 bits per heavy atom. The molecular formula is C9H5BrClN2. The zero-order chi connectivity index (χ0) is 9.26. The summed E-state index contributed by atoms with van der Waals surface area (Å²) in [6.45, 7) is 0. The maximum atomic E-state index is 5.99. The summed E-state index contributed by atoms with van der Waals surface area (Å²) in [4.78, 5) is 7.02. The van der Waals surface area contributed by atoms with Gasteiger partial charge in [0.25, 0.3) is 0 Å². The normalized spacial score (nSPS) is 10.3. The molecule has 2 nitrogen and oxygen atoms in total. The van der Waals surface area contributed by atoms with E-state index in [1.165, 1.54) is 0 Å². The van der Waals surface area contributed by atoms with Crippen LogP contribution in [0.4, 0.5) is 0 Å².